The first-order valence-electron chi connectivity index (χ1n) is 5.54. The van der Waals surface area contributed by atoms with Crippen molar-refractivity contribution in [3.63, 3.8) is 0 Å². The number of carbonyl (C=O) groups is 1. The van der Waals surface area contributed by atoms with Gasteiger partial charge < -0.3 is 10.1 Å². The normalized spacial score (nSPS) is 12.5. The Morgan fingerprint density at radius 2 is 2.41 bits per heavy atom. The lowest BCUT2D eigenvalue weighted by Gasteiger charge is -2.10. The van der Waals surface area contributed by atoms with Crippen LogP contribution in [0, 0.1) is 6.92 Å². The van der Waals surface area contributed by atoms with E-state index in [1.807, 2.05) is 13.8 Å². The fourth-order valence-corrected chi connectivity index (χ4v) is 1.71. The topological polar surface area (TPSA) is 56.2 Å². The Bertz CT molecular complexity index is 379. The molecule has 1 N–H and O–H groups in total. The number of rotatable bonds is 6. The summed E-state index contributed by atoms with van der Waals surface area (Å²) in [6.45, 7) is 5.26. The van der Waals surface area contributed by atoms with E-state index in [1.54, 1.807) is 17.9 Å². The van der Waals surface area contributed by atoms with Crippen LogP contribution in [-0.2, 0) is 11.3 Å². The molecule has 0 aliphatic rings. The number of nitrogens with zero attached hydrogens (tertiary/aromatic N) is 2. The molecule has 0 bridgehead atoms. The van der Waals surface area contributed by atoms with Crippen molar-refractivity contribution in [2.24, 2.45) is 0 Å². The Labute approximate surface area is 106 Å². The van der Waals surface area contributed by atoms with E-state index in [1.165, 1.54) is 0 Å². The highest BCUT2D eigenvalue weighted by Gasteiger charge is 2.14. The van der Waals surface area contributed by atoms with Gasteiger partial charge in [-0.3, -0.25) is 9.48 Å². The van der Waals surface area contributed by atoms with E-state index < -0.39 is 0 Å². The summed E-state index contributed by atoms with van der Waals surface area (Å²) in [6, 6.07) is 1.76. The van der Waals surface area contributed by atoms with Crippen molar-refractivity contribution in [1.82, 2.24) is 15.1 Å². The number of hydrogen-bond donors (Lipinski definition) is 1. The molecule has 0 saturated carbocycles. The van der Waals surface area contributed by atoms with E-state index in [9.17, 15) is 4.79 Å². The fourth-order valence-electron chi connectivity index (χ4n) is 1.50. The Hall–Kier alpha value is -1.07. The minimum atomic E-state index is -0.219. The molecule has 0 saturated heterocycles. The number of alkyl halides is 1. The zero-order valence-electron chi connectivity index (χ0n) is 10.4. The molecule has 1 atom stereocenters. The van der Waals surface area contributed by atoms with Gasteiger partial charge >= 0.3 is 0 Å². The van der Waals surface area contributed by atoms with Gasteiger partial charge in [0, 0.05) is 20.2 Å². The zero-order chi connectivity index (χ0) is 12.8. The molecule has 1 amide bonds. The smallest absolute Gasteiger partial charge is 0.269 e. The van der Waals surface area contributed by atoms with Crippen LogP contribution in [-0.4, -0.2) is 41.3 Å². The summed E-state index contributed by atoms with van der Waals surface area (Å²) in [5, 5.41) is 6.75. The maximum absolute atomic E-state index is 11.9. The third-order valence-corrected chi connectivity index (χ3v) is 2.55. The summed E-state index contributed by atoms with van der Waals surface area (Å²) in [5.41, 5.74) is 1.39. The van der Waals surface area contributed by atoms with E-state index >= 15 is 0 Å². The van der Waals surface area contributed by atoms with Gasteiger partial charge in [0.2, 0.25) is 0 Å². The average molecular weight is 260 g/mol. The first-order chi connectivity index (χ1) is 8.08. The predicted octanol–water partition coefficient (Wildman–Crippen LogP) is 1.20. The Morgan fingerprint density at radius 1 is 1.71 bits per heavy atom. The number of methoxy groups -OCH3 is 1. The van der Waals surface area contributed by atoms with Gasteiger partial charge in [0.25, 0.3) is 5.91 Å². The third kappa shape index (κ3) is 4.02. The van der Waals surface area contributed by atoms with Crippen LogP contribution < -0.4 is 5.32 Å². The number of aromatic nitrogens is 2. The van der Waals surface area contributed by atoms with Crippen LogP contribution in [0.3, 0.4) is 0 Å². The summed E-state index contributed by atoms with van der Waals surface area (Å²) < 4.78 is 6.56. The molecule has 1 aromatic heterocycles. The van der Waals surface area contributed by atoms with Gasteiger partial charge in [0.1, 0.15) is 5.69 Å². The first kappa shape index (κ1) is 14.0. The van der Waals surface area contributed by atoms with Crippen LogP contribution in [0.1, 0.15) is 23.1 Å². The second-order valence-electron chi connectivity index (χ2n) is 3.75. The molecule has 96 valence electrons. The molecule has 1 heterocycles. The number of nitrogens with one attached hydrogen (secondary N) is 1. The molecule has 1 aromatic rings. The maximum Gasteiger partial charge on any atom is 0.269 e. The van der Waals surface area contributed by atoms with Crippen molar-refractivity contribution in [3.8, 4) is 0 Å². The number of ether oxygens (including phenoxy) is 1. The molecule has 0 spiro atoms. The highest BCUT2D eigenvalue weighted by Crippen LogP contribution is 2.04. The van der Waals surface area contributed by atoms with Gasteiger partial charge in [0.05, 0.1) is 17.7 Å². The van der Waals surface area contributed by atoms with Crippen LogP contribution in [0.2, 0.25) is 0 Å². The lowest BCUT2D eigenvalue weighted by Crippen LogP contribution is -2.33. The summed E-state index contributed by atoms with van der Waals surface area (Å²) in [6.07, 6.45) is 0. The van der Waals surface area contributed by atoms with Crippen molar-refractivity contribution in [1.29, 1.82) is 0 Å². The average Bonchev–Trinajstić information content (AvgIpc) is 2.68. The molecule has 1 rings (SSSR count). The van der Waals surface area contributed by atoms with Crippen molar-refractivity contribution in [2.75, 3.05) is 20.3 Å². The fraction of sp³-hybridized carbons (Fsp3) is 0.636. The van der Waals surface area contributed by atoms with Crippen LogP contribution in [0.15, 0.2) is 6.07 Å². The van der Waals surface area contributed by atoms with Crippen LogP contribution in [0.5, 0.6) is 0 Å². The molecule has 0 fully saturated rings. The van der Waals surface area contributed by atoms with E-state index in [0.717, 1.165) is 5.69 Å². The van der Waals surface area contributed by atoms with Crippen LogP contribution in [0.4, 0.5) is 0 Å². The molecular weight excluding hydrogens is 242 g/mol. The number of hydrogen-bond acceptors (Lipinski definition) is 3. The number of amides is 1. The Morgan fingerprint density at radius 3 is 3.00 bits per heavy atom. The molecule has 0 aliphatic heterocycles. The monoisotopic (exact) mass is 259 g/mol. The van der Waals surface area contributed by atoms with Gasteiger partial charge in [-0.05, 0) is 19.9 Å². The first-order valence-corrected chi connectivity index (χ1v) is 5.97. The lowest BCUT2D eigenvalue weighted by molar-refractivity contribution is 0.0938. The predicted molar refractivity (Wildman–Crippen MR) is 66.5 cm³/mol. The molecule has 0 aliphatic carbocycles. The summed E-state index contributed by atoms with van der Waals surface area (Å²) >= 11 is 5.93. The van der Waals surface area contributed by atoms with Gasteiger partial charge in [-0.1, -0.05) is 0 Å². The van der Waals surface area contributed by atoms with Crippen LogP contribution >= 0.6 is 11.6 Å². The standard InChI is InChI=1S/C11H18ClN3O2/c1-4-15-10(5-8(2)14-15)11(16)13-6-9(12)7-17-3/h5,9H,4,6-7H2,1-3H3,(H,13,16). The molecule has 0 radical (unpaired) electrons. The van der Waals surface area contributed by atoms with E-state index in [4.69, 9.17) is 16.3 Å². The largest absolute Gasteiger partial charge is 0.383 e. The second kappa shape index (κ2) is 6.61. The maximum atomic E-state index is 11.9. The molecule has 0 aromatic carbocycles. The molecular formula is C11H18ClN3O2. The van der Waals surface area contributed by atoms with E-state index in [2.05, 4.69) is 10.4 Å². The van der Waals surface area contributed by atoms with E-state index in [-0.39, 0.29) is 11.3 Å². The van der Waals surface area contributed by atoms with Crippen LogP contribution in [0.25, 0.3) is 0 Å². The van der Waals surface area contributed by atoms with Crippen molar-refractivity contribution < 1.29 is 9.53 Å². The zero-order valence-corrected chi connectivity index (χ0v) is 11.1. The van der Waals surface area contributed by atoms with Gasteiger partial charge in [0.15, 0.2) is 0 Å². The van der Waals surface area contributed by atoms with Gasteiger partial charge in [-0.2, -0.15) is 5.10 Å². The summed E-state index contributed by atoms with van der Waals surface area (Å²) in [7, 11) is 1.58. The number of halogens is 1. The van der Waals surface area contributed by atoms with E-state index in [0.29, 0.717) is 25.4 Å². The Balaban J connectivity index is 2.57. The van der Waals surface area contributed by atoms with Gasteiger partial charge in [-0.15, -0.1) is 11.6 Å². The van der Waals surface area contributed by atoms with Gasteiger partial charge in [-0.25, -0.2) is 0 Å². The van der Waals surface area contributed by atoms with Crippen molar-refractivity contribution in [3.05, 3.63) is 17.5 Å². The molecule has 6 heteroatoms. The molecule has 17 heavy (non-hydrogen) atoms. The lowest BCUT2D eigenvalue weighted by atomic mass is 10.3. The minimum absolute atomic E-state index is 0.158. The second-order valence-corrected chi connectivity index (χ2v) is 4.37. The number of aryl methyl sites for hydroxylation is 2. The quantitative estimate of drug-likeness (QED) is 0.781. The third-order valence-electron chi connectivity index (χ3n) is 2.27. The SMILES string of the molecule is CCn1nc(C)cc1C(=O)NCC(Cl)COC. The van der Waals surface area contributed by atoms with Crippen molar-refractivity contribution in [2.45, 2.75) is 25.8 Å². The summed E-state index contributed by atoms with van der Waals surface area (Å²) in [4.78, 5) is 11.9. The number of carbonyl (C=O) groups excluding carboxylic acids is 1. The highest BCUT2D eigenvalue weighted by molar-refractivity contribution is 6.21. The summed E-state index contributed by atoms with van der Waals surface area (Å²) in [5.74, 6) is -0.158. The highest BCUT2D eigenvalue weighted by atomic mass is 35.5. The van der Waals surface area contributed by atoms with Crippen molar-refractivity contribution >= 4 is 17.5 Å². The molecule has 1 unspecified atom stereocenters. The minimum Gasteiger partial charge on any atom is -0.383 e. The Kier molecular flexibility index (Phi) is 5.44. The molecule has 5 nitrogen and oxygen atoms in total.